The molecule has 1 aromatic rings. The van der Waals surface area contributed by atoms with Gasteiger partial charge in [-0.2, -0.15) is 0 Å². The molecule has 0 aliphatic rings. The fourth-order valence-electron chi connectivity index (χ4n) is 1.45. The first-order valence-electron chi connectivity index (χ1n) is 5.76. The summed E-state index contributed by atoms with van der Waals surface area (Å²) in [5.41, 5.74) is 3.92. The van der Waals surface area contributed by atoms with Crippen molar-refractivity contribution in [2.75, 3.05) is 25.0 Å². The van der Waals surface area contributed by atoms with Crippen LogP contribution in [0.4, 0.5) is 5.69 Å². The number of nitrogens with one attached hydrogen (secondary N) is 2. The van der Waals surface area contributed by atoms with Crippen molar-refractivity contribution < 1.29 is 0 Å². The normalized spacial score (nSPS) is 10.3. The van der Waals surface area contributed by atoms with E-state index in [0.717, 1.165) is 19.6 Å². The van der Waals surface area contributed by atoms with E-state index in [1.165, 1.54) is 23.2 Å². The maximum Gasteiger partial charge on any atom is 0.0343 e. The standard InChI is InChI=1S/C13H22N2/c1-4-7-14-8-9-15-13-6-5-11(2)12(3)10-13/h5-6,10,14-15H,4,7-9H2,1-3H3. The van der Waals surface area contributed by atoms with E-state index in [4.69, 9.17) is 0 Å². The van der Waals surface area contributed by atoms with Gasteiger partial charge in [-0.05, 0) is 50.1 Å². The van der Waals surface area contributed by atoms with Gasteiger partial charge in [-0.15, -0.1) is 0 Å². The van der Waals surface area contributed by atoms with Crippen LogP contribution >= 0.6 is 0 Å². The van der Waals surface area contributed by atoms with Crippen LogP contribution < -0.4 is 10.6 Å². The van der Waals surface area contributed by atoms with E-state index in [2.05, 4.69) is 49.6 Å². The minimum absolute atomic E-state index is 0.989. The first kappa shape index (κ1) is 12.1. The van der Waals surface area contributed by atoms with Crippen molar-refractivity contribution >= 4 is 5.69 Å². The van der Waals surface area contributed by atoms with Crippen LogP contribution in [-0.2, 0) is 0 Å². The Labute approximate surface area is 93.1 Å². The summed E-state index contributed by atoms with van der Waals surface area (Å²) in [6.45, 7) is 9.60. The Morgan fingerprint density at radius 2 is 1.80 bits per heavy atom. The predicted molar refractivity (Wildman–Crippen MR) is 67.6 cm³/mol. The third kappa shape index (κ3) is 4.34. The summed E-state index contributed by atoms with van der Waals surface area (Å²) >= 11 is 0. The summed E-state index contributed by atoms with van der Waals surface area (Å²) in [7, 11) is 0. The molecule has 0 saturated heterocycles. The van der Waals surface area contributed by atoms with E-state index >= 15 is 0 Å². The Kier molecular flexibility index (Phi) is 5.19. The van der Waals surface area contributed by atoms with Crippen molar-refractivity contribution in [3.8, 4) is 0 Å². The van der Waals surface area contributed by atoms with Gasteiger partial charge in [0.25, 0.3) is 0 Å². The van der Waals surface area contributed by atoms with Gasteiger partial charge in [0, 0.05) is 18.8 Å². The summed E-state index contributed by atoms with van der Waals surface area (Å²) in [6, 6.07) is 6.51. The lowest BCUT2D eigenvalue weighted by Crippen LogP contribution is -2.22. The minimum atomic E-state index is 0.989. The topological polar surface area (TPSA) is 24.1 Å². The lowest BCUT2D eigenvalue weighted by Gasteiger charge is -2.09. The van der Waals surface area contributed by atoms with Crippen molar-refractivity contribution in [3.63, 3.8) is 0 Å². The van der Waals surface area contributed by atoms with Crippen LogP contribution in [0.3, 0.4) is 0 Å². The van der Waals surface area contributed by atoms with Crippen LogP contribution in [0.1, 0.15) is 24.5 Å². The summed E-state index contributed by atoms with van der Waals surface area (Å²) < 4.78 is 0. The molecule has 2 N–H and O–H groups in total. The highest BCUT2D eigenvalue weighted by Gasteiger charge is 1.94. The zero-order valence-corrected chi connectivity index (χ0v) is 10.1. The Balaban J connectivity index is 2.28. The third-order valence-corrected chi connectivity index (χ3v) is 2.56. The largest absolute Gasteiger partial charge is 0.384 e. The summed E-state index contributed by atoms with van der Waals surface area (Å²) in [6.07, 6.45) is 1.20. The molecule has 0 aromatic heterocycles. The van der Waals surface area contributed by atoms with Crippen LogP contribution in [0, 0.1) is 13.8 Å². The van der Waals surface area contributed by atoms with Gasteiger partial charge in [0.05, 0.1) is 0 Å². The molecule has 0 amide bonds. The maximum absolute atomic E-state index is 3.41. The Morgan fingerprint density at radius 3 is 2.47 bits per heavy atom. The van der Waals surface area contributed by atoms with E-state index in [1.807, 2.05) is 0 Å². The van der Waals surface area contributed by atoms with Crippen LogP contribution in [0.2, 0.25) is 0 Å². The lowest BCUT2D eigenvalue weighted by molar-refractivity contribution is 0.688. The number of hydrogen-bond donors (Lipinski definition) is 2. The average molecular weight is 206 g/mol. The molecule has 0 bridgehead atoms. The Bertz CT molecular complexity index is 295. The van der Waals surface area contributed by atoms with Gasteiger partial charge in [-0.25, -0.2) is 0 Å². The fourth-order valence-corrected chi connectivity index (χ4v) is 1.45. The molecule has 0 unspecified atom stereocenters. The molecule has 0 saturated carbocycles. The summed E-state index contributed by atoms with van der Waals surface area (Å²) in [5, 5.41) is 6.78. The third-order valence-electron chi connectivity index (χ3n) is 2.56. The number of rotatable bonds is 6. The number of hydrogen-bond acceptors (Lipinski definition) is 2. The fraction of sp³-hybridized carbons (Fsp3) is 0.538. The summed E-state index contributed by atoms with van der Waals surface area (Å²) in [4.78, 5) is 0. The van der Waals surface area contributed by atoms with Gasteiger partial charge in [0.2, 0.25) is 0 Å². The predicted octanol–water partition coefficient (Wildman–Crippen LogP) is 2.71. The SMILES string of the molecule is CCCNCCNc1ccc(C)c(C)c1. The van der Waals surface area contributed by atoms with Crippen molar-refractivity contribution in [1.82, 2.24) is 5.32 Å². The van der Waals surface area contributed by atoms with Crippen molar-refractivity contribution in [1.29, 1.82) is 0 Å². The molecule has 0 spiro atoms. The molecular formula is C13H22N2. The molecule has 2 nitrogen and oxygen atoms in total. The molecule has 15 heavy (non-hydrogen) atoms. The molecule has 1 aromatic carbocycles. The molecule has 0 aliphatic heterocycles. The Morgan fingerprint density at radius 1 is 1.00 bits per heavy atom. The quantitative estimate of drug-likeness (QED) is 0.699. The van der Waals surface area contributed by atoms with E-state index in [0.29, 0.717) is 0 Å². The monoisotopic (exact) mass is 206 g/mol. The van der Waals surface area contributed by atoms with Crippen LogP contribution in [0.5, 0.6) is 0 Å². The molecule has 0 heterocycles. The van der Waals surface area contributed by atoms with Crippen molar-refractivity contribution in [2.45, 2.75) is 27.2 Å². The molecule has 84 valence electrons. The highest BCUT2D eigenvalue weighted by atomic mass is 14.9. The van der Waals surface area contributed by atoms with Crippen LogP contribution in [0.25, 0.3) is 0 Å². The molecule has 1 rings (SSSR count). The zero-order valence-electron chi connectivity index (χ0n) is 10.1. The lowest BCUT2D eigenvalue weighted by atomic mass is 10.1. The maximum atomic E-state index is 3.41. The van der Waals surface area contributed by atoms with Crippen LogP contribution in [0.15, 0.2) is 18.2 Å². The first-order chi connectivity index (χ1) is 7.24. The van der Waals surface area contributed by atoms with E-state index < -0.39 is 0 Å². The first-order valence-corrected chi connectivity index (χ1v) is 5.76. The highest BCUT2D eigenvalue weighted by Crippen LogP contribution is 2.13. The van der Waals surface area contributed by atoms with E-state index in [1.54, 1.807) is 0 Å². The average Bonchev–Trinajstić information content (AvgIpc) is 2.23. The summed E-state index contributed by atoms with van der Waals surface area (Å²) in [5.74, 6) is 0. The number of benzene rings is 1. The minimum Gasteiger partial charge on any atom is -0.384 e. The van der Waals surface area contributed by atoms with E-state index in [-0.39, 0.29) is 0 Å². The molecule has 0 atom stereocenters. The second-order valence-electron chi connectivity index (χ2n) is 3.98. The number of aryl methyl sites for hydroxylation is 2. The smallest absolute Gasteiger partial charge is 0.0343 e. The molecule has 0 radical (unpaired) electrons. The Hall–Kier alpha value is -1.02. The van der Waals surface area contributed by atoms with Crippen LogP contribution in [-0.4, -0.2) is 19.6 Å². The highest BCUT2D eigenvalue weighted by molar-refractivity contribution is 5.47. The number of anilines is 1. The molecular weight excluding hydrogens is 184 g/mol. The van der Waals surface area contributed by atoms with E-state index in [9.17, 15) is 0 Å². The zero-order chi connectivity index (χ0) is 11.1. The second kappa shape index (κ2) is 6.46. The molecule has 0 aliphatic carbocycles. The molecule has 0 fully saturated rings. The van der Waals surface area contributed by atoms with Crippen molar-refractivity contribution in [2.24, 2.45) is 0 Å². The molecule has 2 heteroatoms. The van der Waals surface area contributed by atoms with Gasteiger partial charge in [-0.1, -0.05) is 13.0 Å². The van der Waals surface area contributed by atoms with Gasteiger partial charge >= 0.3 is 0 Å². The van der Waals surface area contributed by atoms with Gasteiger partial charge < -0.3 is 10.6 Å². The van der Waals surface area contributed by atoms with Gasteiger partial charge in [0.15, 0.2) is 0 Å². The second-order valence-corrected chi connectivity index (χ2v) is 3.98. The van der Waals surface area contributed by atoms with Gasteiger partial charge in [0.1, 0.15) is 0 Å². The van der Waals surface area contributed by atoms with Crippen molar-refractivity contribution in [3.05, 3.63) is 29.3 Å². The van der Waals surface area contributed by atoms with Gasteiger partial charge in [-0.3, -0.25) is 0 Å².